The van der Waals surface area contributed by atoms with Crippen LogP contribution < -0.4 is 5.73 Å². The van der Waals surface area contributed by atoms with Gasteiger partial charge in [-0.1, -0.05) is 13.3 Å². The molecular formula is C14H19FN2O. The molecule has 0 saturated heterocycles. The Morgan fingerprint density at radius 1 is 1.39 bits per heavy atom. The largest absolute Gasteiger partial charge is 0.441 e. The summed E-state index contributed by atoms with van der Waals surface area (Å²) in [6, 6.07) is 4.42. The van der Waals surface area contributed by atoms with Crippen molar-refractivity contribution in [2.45, 2.75) is 32.6 Å². The van der Waals surface area contributed by atoms with Crippen molar-refractivity contribution in [3.8, 4) is 0 Å². The molecule has 0 bridgehead atoms. The molecular weight excluding hydrogens is 231 g/mol. The molecule has 2 rings (SSSR count). The van der Waals surface area contributed by atoms with E-state index in [0.717, 1.165) is 32.2 Å². The van der Waals surface area contributed by atoms with Gasteiger partial charge in [-0.15, -0.1) is 0 Å². The summed E-state index contributed by atoms with van der Waals surface area (Å²) in [5.74, 6) is 1.02. The number of nitrogens with two attached hydrogens (primary N) is 1. The van der Waals surface area contributed by atoms with Crippen LogP contribution in [-0.4, -0.2) is 11.5 Å². The molecule has 1 atom stereocenters. The highest BCUT2D eigenvalue weighted by molar-refractivity contribution is 5.72. The Labute approximate surface area is 106 Å². The molecule has 0 saturated carbocycles. The summed E-state index contributed by atoms with van der Waals surface area (Å²) in [6.45, 7) is 2.89. The van der Waals surface area contributed by atoms with Gasteiger partial charge >= 0.3 is 0 Å². The Balaban J connectivity index is 2.03. The molecule has 0 fully saturated rings. The molecule has 3 nitrogen and oxygen atoms in total. The first-order valence-electron chi connectivity index (χ1n) is 6.48. The SMILES string of the molecule is CCC(CCN)CCc1nc2cc(F)ccc2o1. The average Bonchev–Trinajstić information content (AvgIpc) is 2.76. The molecule has 1 aromatic carbocycles. The average molecular weight is 250 g/mol. The van der Waals surface area contributed by atoms with Gasteiger partial charge in [-0.05, 0) is 37.4 Å². The third-order valence-corrected chi connectivity index (χ3v) is 3.31. The Morgan fingerprint density at radius 3 is 2.94 bits per heavy atom. The van der Waals surface area contributed by atoms with Crippen molar-refractivity contribution in [2.24, 2.45) is 11.7 Å². The smallest absolute Gasteiger partial charge is 0.195 e. The highest BCUT2D eigenvalue weighted by atomic mass is 19.1. The molecule has 0 aliphatic carbocycles. The van der Waals surface area contributed by atoms with Crippen molar-refractivity contribution in [2.75, 3.05) is 6.54 Å². The normalized spacial score (nSPS) is 13.1. The van der Waals surface area contributed by atoms with E-state index < -0.39 is 0 Å². The lowest BCUT2D eigenvalue weighted by molar-refractivity contribution is 0.414. The Hall–Kier alpha value is -1.42. The van der Waals surface area contributed by atoms with Gasteiger partial charge in [0.05, 0.1) is 0 Å². The summed E-state index contributed by atoms with van der Waals surface area (Å²) in [4.78, 5) is 4.30. The minimum Gasteiger partial charge on any atom is -0.441 e. The number of nitrogens with zero attached hydrogens (tertiary/aromatic N) is 1. The van der Waals surface area contributed by atoms with Gasteiger partial charge in [0.2, 0.25) is 0 Å². The van der Waals surface area contributed by atoms with E-state index in [1.165, 1.54) is 12.1 Å². The van der Waals surface area contributed by atoms with E-state index in [9.17, 15) is 4.39 Å². The summed E-state index contributed by atoms with van der Waals surface area (Å²) in [6.07, 6.45) is 3.95. The zero-order valence-electron chi connectivity index (χ0n) is 10.7. The molecule has 0 amide bonds. The minimum absolute atomic E-state index is 0.281. The van der Waals surface area contributed by atoms with Crippen LogP contribution in [0, 0.1) is 11.7 Å². The van der Waals surface area contributed by atoms with Crippen LogP contribution in [0.15, 0.2) is 22.6 Å². The van der Waals surface area contributed by atoms with Crippen molar-refractivity contribution in [1.29, 1.82) is 0 Å². The number of hydrogen-bond donors (Lipinski definition) is 1. The van der Waals surface area contributed by atoms with Crippen molar-refractivity contribution in [3.05, 3.63) is 29.9 Å². The second kappa shape index (κ2) is 5.96. The lowest BCUT2D eigenvalue weighted by atomic mass is 9.97. The van der Waals surface area contributed by atoms with Crippen LogP contribution in [0.3, 0.4) is 0 Å². The van der Waals surface area contributed by atoms with Crippen molar-refractivity contribution < 1.29 is 8.81 Å². The van der Waals surface area contributed by atoms with Crippen LogP contribution in [0.25, 0.3) is 11.1 Å². The second-order valence-corrected chi connectivity index (χ2v) is 4.61. The van der Waals surface area contributed by atoms with E-state index in [4.69, 9.17) is 10.2 Å². The van der Waals surface area contributed by atoms with Crippen LogP contribution in [0.4, 0.5) is 4.39 Å². The molecule has 18 heavy (non-hydrogen) atoms. The third-order valence-electron chi connectivity index (χ3n) is 3.31. The lowest BCUT2D eigenvalue weighted by Gasteiger charge is -2.11. The minimum atomic E-state index is -0.281. The van der Waals surface area contributed by atoms with Crippen molar-refractivity contribution in [1.82, 2.24) is 4.98 Å². The lowest BCUT2D eigenvalue weighted by Crippen LogP contribution is -2.09. The maximum Gasteiger partial charge on any atom is 0.195 e. The first kappa shape index (κ1) is 13.0. The number of hydrogen-bond acceptors (Lipinski definition) is 3. The fraction of sp³-hybridized carbons (Fsp3) is 0.500. The number of aryl methyl sites for hydroxylation is 1. The maximum absolute atomic E-state index is 13.0. The van der Waals surface area contributed by atoms with Gasteiger partial charge in [0.25, 0.3) is 0 Å². The molecule has 1 unspecified atom stereocenters. The number of oxazole rings is 1. The van der Waals surface area contributed by atoms with Crippen LogP contribution in [0.1, 0.15) is 32.1 Å². The first-order valence-corrected chi connectivity index (χ1v) is 6.48. The highest BCUT2D eigenvalue weighted by Crippen LogP contribution is 2.20. The van der Waals surface area contributed by atoms with E-state index in [-0.39, 0.29) is 5.82 Å². The molecule has 1 heterocycles. The van der Waals surface area contributed by atoms with E-state index >= 15 is 0 Å². The zero-order valence-corrected chi connectivity index (χ0v) is 10.7. The molecule has 0 spiro atoms. The van der Waals surface area contributed by atoms with Gasteiger partial charge in [-0.3, -0.25) is 0 Å². The van der Waals surface area contributed by atoms with Gasteiger partial charge in [-0.25, -0.2) is 9.37 Å². The predicted octanol–water partition coefficient (Wildman–Crippen LogP) is 3.27. The molecule has 4 heteroatoms. The summed E-state index contributed by atoms with van der Waals surface area (Å²) in [5, 5.41) is 0. The number of fused-ring (bicyclic) bond motifs is 1. The molecule has 2 aromatic rings. The van der Waals surface area contributed by atoms with Gasteiger partial charge in [0.1, 0.15) is 11.3 Å². The fourth-order valence-corrected chi connectivity index (χ4v) is 2.17. The maximum atomic E-state index is 13.0. The zero-order chi connectivity index (χ0) is 13.0. The number of rotatable bonds is 6. The van der Waals surface area contributed by atoms with E-state index in [2.05, 4.69) is 11.9 Å². The summed E-state index contributed by atoms with van der Waals surface area (Å²) >= 11 is 0. The molecule has 0 radical (unpaired) electrons. The molecule has 2 N–H and O–H groups in total. The fourth-order valence-electron chi connectivity index (χ4n) is 2.17. The van der Waals surface area contributed by atoms with Gasteiger partial charge < -0.3 is 10.2 Å². The second-order valence-electron chi connectivity index (χ2n) is 4.61. The van der Waals surface area contributed by atoms with E-state index in [1.807, 2.05) is 0 Å². The molecule has 98 valence electrons. The summed E-state index contributed by atoms with van der Waals surface area (Å²) < 4.78 is 18.6. The number of benzene rings is 1. The topological polar surface area (TPSA) is 52.0 Å². The van der Waals surface area contributed by atoms with Crippen molar-refractivity contribution in [3.63, 3.8) is 0 Å². The first-order chi connectivity index (χ1) is 8.72. The van der Waals surface area contributed by atoms with Crippen molar-refractivity contribution >= 4 is 11.1 Å². The Kier molecular flexibility index (Phi) is 4.31. The third kappa shape index (κ3) is 3.07. The predicted molar refractivity (Wildman–Crippen MR) is 69.7 cm³/mol. The number of aromatic nitrogens is 1. The van der Waals surface area contributed by atoms with Gasteiger partial charge in [0.15, 0.2) is 11.5 Å². The van der Waals surface area contributed by atoms with Crippen LogP contribution in [-0.2, 0) is 6.42 Å². The van der Waals surface area contributed by atoms with Crippen LogP contribution in [0.5, 0.6) is 0 Å². The van der Waals surface area contributed by atoms with E-state index in [0.29, 0.717) is 22.9 Å². The standard InChI is InChI=1S/C14H19FN2O/c1-2-10(7-8-16)3-6-14-17-12-9-11(15)4-5-13(12)18-14/h4-5,9-10H,2-3,6-8,16H2,1H3. The molecule has 0 aliphatic heterocycles. The Morgan fingerprint density at radius 2 is 2.22 bits per heavy atom. The summed E-state index contributed by atoms with van der Waals surface area (Å²) in [5.41, 5.74) is 6.82. The van der Waals surface area contributed by atoms with Crippen LogP contribution >= 0.6 is 0 Å². The molecule has 1 aromatic heterocycles. The monoisotopic (exact) mass is 250 g/mol. The van der Waals surface area contributed by atoms with Gasteiger partial charge in [0, 0.05) is 12.5 Å². The van der Waals surface area contributed by atoms with E-state index in [1.54, 1.807) is 6.07 Å². The highest BCUT2D eigenvalue weighted by Gasteiger charge is 2.10. The Bertz CT molecular complexity index is 509. The molecule has 0 aliphatic rings. The quantitative estimate of drug-likeness (QED) is 0.856. The van der Waals surface area contributed by atoms with Crippen LogP contribution in [0.2, 0.25) is 0 Å². The summed E-state index contributed by atoms with van der Waals surface area (Å²) in [7, 11) is 0. The van der Waals surface area contributed by atoms with Gasteiger partial charge in [-0.2, -0.15) is 0 Å². The number of halogens is 1.